The number of halogens is 1. The first-order chi connectivity index (χ1) is 13.3. The number of benzene rings is 1. The minimum absolute atomic E-state index is 0.137. The van der Waals surface area contributed by atoms with E-state index in [1.807, 2.05) is 0 Å². The molecule has 8 heteroatoms. The minimum Gasteiger partial charge on any atom is -0.465 e. The Bertz CT molecular complexity index is 874. The van der Waals surface area contributed by atoms with E-state index >= 15 is 0 Å². The molecular weight excluding hydrogens is 365 g/mol. The Morgan fingerprint density at radius 3 is 2.39 bits per heavy atom. The highest BCUT2D eigenvalue weighted by Gasteiger charge is 2.26. The fourth-order valence-corrected chi connectivity index (χ4v) is 2.89. The van der Waals surface area contributed by atoms with Gasteiger partial charge in [0.2, 0.25) is 5.91 Å². The lowest BCUT2D eigenvalue weighted by atomic mass is 10.1. The number of aromatic amines is 1. The SMILES string of the molecule is CCN(CC(=O)NCc1ccc(F)cc1)C(=O)c1[nH]c(C)c(C(=O)OC)c1C. The van der Waals surface area contributed by atoms with Gasteiger partial charge in [0, 0.05) is 18.8 Å². The van der Waals surface area contributed by atoms with Crippen LogP contribution in [0.3, 0.4) is 0 Å². The Labute approximate surface area is 162 Å². The minimum atomic E-state index is -0.523. The second-order valence-corrected chi connectivity index (χ2v) is 6.34. The van der Waals surface area contributed by atoms with E-state index < -0.39 is 5.97 Å². The molecular formula is C20H24FN3O4. The van der Waals surface area contributed by atoms with E-state index in [1.165, 1.54) is 24.1 Å². The molecule has 0 spiro atoms. The normalized spacial score (nSPS) is 10.5. The van der Waals surface area contributed by atoms with Crippen molar-refractivity contribution in [2.75, 3.05) is 20.2 Å². The van der Waals surface area contributed by atoms with E-state index in [9.17, 15) is 18.8 Å². The van der Waals surface area contributed by atoms with Gasteiger partial charge >= 0.3 is 5.97 Å². The van der Waals surface area contributed by atoms with Crippen molar-refractivity contribution in [2.45, 2.75) is 27.3 Å². The third kappa shape index (κ3) is 4.76. The van der Waals surface area contributed by atoms with Gasteiger partial charge in [0.1, 0.15) is 11.5 Å². The summed E-state index contributed by atoms with van der Waals surface area (Å²) in [5.74, 6) is -1.59. The standard InChI is InChI=1S/C20H24FN3O4/c1-5-24(11-16(25)22-10-14-6-8-15(21)9-7-14)19(26)18-12(2)17(13(3)23-18)20(27)28-4/h6-9,23H,5,10-11H2,1-4H3,(H,22,25). The molecule has 0 unspecified atom stereocenters. The summed E-state index contributed by atoms with van der Waals surface area (Å²) in [6.45, 7) is 5.51. The second-order valence-electron chi connectivity index (χ2n) is 6.34. The lowest BCUT2D eigenvalue weighted by molar-refractivity contribution is -0.121. The molecule has 0 saturated heterocycles. The number of hydrogen-bond acceptors (Lipinski definition) is 4. The van der Waals surface area contributed by atoms with Gasteiger partial charge in [-0.25, -0.2) is 9.18 Å². The van der Waals surface area contributed by atoms with Crippen LogP contribution in [0.1, 0.15) is 44.6 Å². The lowest BCUT2D eigenvalue weighted by Crippen LogP contribution is -2.40. The molecule has 0 atom stereocenters. The highest BCUT2D eigenvalue weighted by molar-refractivity contribution is 6.01. The smallest absolute Gasteiger partial charge is 0.339 e. The molecule has 1 aromatic heterocycles. The van der Waals surface area contributed by atoms with Gasteiger partial charge in [0.25, 0.3) is 5.91 Å². The molecule has 0 aliphatic carbocycles. The molecule has 1 heterocycles. The first-order valence-electron chi connectivity index (χ1n) is 8.86. The molecule has 2 aromatic rings. The van der Waals surface area contributed by atoms with Crippen molar-refractivity contribution < 1.29 is 23.5 Å². The third-order valence-corrected chi connectivity index (χ3v) is 4.45. The van der Waals surface area contributed by atoms with Gasteiger partial charge in [0.05, 0.1) is 19.2 Å². The van der Waals surface area contributed by atoms with Crippen LogP contribution >= 0.6 is 0 Å². The van der Waals surface area contributed by atoms with Crippen molar-refractivity contribution in [1.82, 2.24) is 15.2 Å². The van der Waals surface area contributed by atoms with Crippen molar-refractivity contribution in [2.24, 2.45) is 0 Å². The van der Waals surface area contributed by atoms with Gasteiger partial charge in [-0.2, -0.15) is 0 Å². The van der Waals surface area contributed by atoms with Crippen molar-refractivity contribution in [3.8, 4) is 0 Å². The van der Waals surface area contributed by atoms with Gasteiger partial charge < -0.3 is 19.9 Å². The maximum atomic E-state index is 12.9. The van der Waals surface area contributed by atoms with E-state index in [4.69, 9.17) is 4.74 Å². The summed E-state index contributed by atoms with van der Waals surface area (Å²) in [5.41, 5.74) is 2.35. The topological polar surface area (TPSA) is 91.5 Å². The molecule has 0 bridgehead atoms. The number of H-pyrrole nitrogens is 1. The molecule has 150 valence electrons. The Balaban J connectivity index is 2.06. The van der Waals surface area contributed by atoms with Crippen LogP contribution in [-0.4, -0.2) is 47.9 Å². The summed E-state index contributed by atoms with van der Waals surface area (Å²) in [6, 6.07) is 5.80. The van der Waals surface area contributed by atoms with Crippen molar-refractivity contribution >= 4 is 17.8 Å². The van der Waals surface area contributed by atoms with Crippen molar-refractivity contribution in [1.29, 1.82) is 0 Å². The molecule has 0 fully saturated rings. The Morgan fingerprint density at radius 1 is 1.18 bits per heavy atom. The lowest BCUT2D eigenvalue weighted by Gasteiger charge is -2.20. The molecule has 0 radical (unpaired) electrons. The van der Waals surface area contributed by atoms with Gasteiger partial charge in [0.15, 0.2) is 0 Å². The number of carbonyl (C=O) groups excluding carboxylic acids is 3. The van der Waals surface area contributed by atoms with E-state index in [0.29, 0.717) is 23.4 Å². The molecule has 2 N–H and O–H groups in total. The van der Waals surface area contributed by atoms with E-state index in [0.717, 1.165) is 5.56 Å². The van der Waals surface area contributed by atoms with Crippen LogP contribution in [0.2, 0.25) is 0 Å². The fraction of sp³-hybridized carbons (Fsp3) is 0.350. The van der Waals surface area contributed by atoms with Crippen LogP contribution < -0.4 is 5.32 Å². The van der Waals surface area contributed by atoms with Gasteiger partial charge in [-0.3, -0.25) is 9.59 Å². The average molecular weight is 389 g/mol. The molecule has 0 aliphatic rings. The number of hydrogen-bond donors (Lipinski definition) is 2. The third-order valence-electron chi connectivity index (χ3n) is 4.45. The van der Waals surface area contributed by atoms with E-state index in [-0.39, 0.29) is 36.4 Å². The first-order valence-corrected chi connectivity index (χ1v) is 8.86. The molecule has 0 aliphatic heterocycles. The highest BCUT2D eigenvalue weighted by Crippen LogP contribution is 2.20. The predicted molar refractivity (Wildman–Crippen MR) is 101 cm³/mol. The Kier molecular flexibility index (Phi) is 6.92. The van der Waals surface area contributed by atoms with Crippen LogP contribution in [0.15, 0.2) is 24.3 Å². The number of aryl methyl sites for hydroxylation is 1. The summed E-state index contributed by atoms with van der Waals surface area (Å²) in [6.07, 6.45) is 0. The Hall–Kier alpha value is -3.16. The highest BCUT2D eigenvalue weighted by atomic mass is 19.1. The summed E-state index contributed by atoms with van der Waals surface area (Å²) in [4.78, 5) is 41.3. The van der Waals surface area contributed by atoms with E-state index in [2.05, 4.69) is 10.3 Å². The fourth-order valence-electron chi connectivity index (χ4n) is 2.89. The van der Waals surface area contributed by atoms with Crippen molar-refractivity contribution in [3.63, 3.8) is 0 Å². The summed E-state index contributed by atoms with van der Waals surface area (Å²) < 4.78 is 17.7. The molecule has 2 amide bonds. The maximum Gasteiger partial charge on any atom is 0.339 e. The first kappa shape index (κ1) is 21.1. The molecule has 2 rings (SSSR count). The summed E-state index contributed by atoms with van der Waals surface area (Å²) in [7, 11) is 1.28. The number of nitrogens with zero attached hydrogens (tertiary/aromatic N) is 1. The average Bonchev–Trinajstić information content (AvgIpc) is 2.98. The zero-order valence-corrected chi connectivity index (χ0v) is 16.4. The molecule has 28 heavy (non-hydrogen) atoms. The number of nitrogens with one attached hydrogen (secondary N) is 2. The van der Waals surface area contributed by atoms with Crippen LogP contribution in [0, 0.1) is 19.7 Å². The number of amides is 2. The molecule has 0 saturated carbocycles. The number of methoxy groups -OCH3 is 1. The van der Waals surface area contributed by atoms with Crippen LogP contribution in [0.4, 0.5) is 4.39 Å². The van der Waals surface area contributed by atoms with Gasteiger partial charge in [-0.15, -0.1) is 0 Å². The zero-order valence-electron chi connectivity index (χ0n) is 16.4. The Morgan fingerprint density at radius 2 is 1.82 bits per heavy atom. The molecule has 1 aromatic carbocycles. The number of aromatic nitrogens is 1. The number of ether oxygens (including phenoxy) is 1. The number of likely N-dealkylation sites (N-methyl/N-ethyl adjacent to an activating group) is 1. The van der Waals surface area contributed by atoms with Gasteiger partial charge in [-0.1, -0.05) is 12.1 Å². The predicted octanol–water partition coefficient (Wildman–Crippen LogP) is 2.34. The largest absolute Gasteiger partial charge is 0.465 e. The number of esters is 1. The quantitative estimate of drug-likeness (QED) is 0.711. The van der Waals surface area contributed by atoms with E-state index in [1.54, 1.807) is 32.9 Å². The summed E-state index contributed by atoms with van der Waals surface area (Å²) >= 11 is 0. The van der Waals surface area contributed by atoms with Crippen LogP contribution in [-0.2, 0) is 16.1 Å². The number of rotatable bonds is 7. The van der Waals surface area contributed by atoms with Crippen LogP contribution in [0.5, 0.6) is 0 Å². The monoisotopic (exact) mass is 389 g/mol. The second kappa shape index (κ2) is 9.16. The summed E-state index contributed by atoms with van der Waals surface area (Å²) in [5, 5.41) is 2.71. The van der Waals surface area contributed by atoms with Crippen molar-refractivity contribution in [3.05, 3.63) is 58.2 Å². The zero-order chi connectivity index (χ0) is 20.8. The van der Waals surface area contributed by atoms with Crippen LogP contribution in [0.25, 0.3) is 0 Å². The maximum absolute atomic E-state index is 12.9. The molecule has 7 nitrogen and oxygen atoms in total. The number of carbonyl (C=O) groups is 3. The van der Waals surface area contributed by atoms with Gasteiger partial charge in [-0.05, 0) is 44.0 Å².